The fourth-order valence-electron chi connectivity index (χ4n) is 1.50. The van der Waals surface area contributed by atoms with Gasteiger partial charge in [-0.15, -0.1) is 0 Å². The van der Waals surface area contributed by atoms with Crippen LogP contribution in [0.25, 0.3) is 0 Å². The number of aliphatic hydroxyl groups excluding tert-OH is 1. The van der Waals surface area contributed by atoms with E-state index in [1.165, 1.54) is 0 Å². The van der Waals surface area contributed by atoms with Gasteiger partial charge in [0, 0.05) is 0 Å². The van der Waals surface area contributed by atoms with E-state index in [1.807, 2.05) is 0 Å². The van der Waals surface area contributed by atoms with Gasteiger partial charge in [0.25, 0.3) is 7.59 Å². The van der Waals surface area contributed by atoms with Crippen molar-refractivity contribution in [3.63, 3.8) is 0 Å². The average molecular weight is 439 g/mol. The smallest absolute Gasteiger partial charge is 0.353 e. The van der Waals surface area contributed by atoms with E-state index in [2.05, 4.69) is 9.47 Å². The zero-order valence-corrected chi connectivity index (χ0v) is 14.1. The first-order chi connectivity index (χ1) is 9.14. The Hall–Kier alpha value is 1.34. The molecular weight excluding hydrogens is 433 g/mol. The zero-order valence-electron chi connectivity index (χ0n) is 9.53. The second-order valence-corrected chi connectivity index (χ2v) is 8.56. The molecule has 1 fully saturated rings. The van der Waals surface area contributed by atoms with Gasteiger partial charge in [0.15, 0.2) is 0 Å². The molecule has 0 radical (unpaired) electrons. The Balaban J connectivity index is 3.48. The summed E-state index contributed by atoms with van der Waals surface area (Å²) in [6, 6.07) is 0. The van der Waals surface area contributed by atoms with Crippen LogP contribution in [0.15, 0.2) is 0 Å². The van der Waals surface area contributed by atoms with E-state index in [4.69, 9.17) is 74.7 Å². The van der Waals surface area contributed by atoms with Gasteiger partial charge in [-0.2, -0.15) is 17.6 Å². The highest BCUT2D eigenvalue weighted by molar-refractivity contribution is 6.69. The Morgan fingerprint density at radius 1 is 0.952 bits per heavy atom. The molecule has 0 saturated carbocycles. The molecule has 1 atom stereocenters. The third-order valence-electron chi connectivity index (χ3n) is 2.55. The van der Waals surface area contributed by atoms with Crippen LogP contribution in [0.3, 0.4) is 0 Å². The SMILES string of the molecule is OCC1COC(C(F)(F)C(Cl)(Cl)Cl)(C(F)(F)C(Cl)(Cl)Cl)O1. The van der Waals surface area contributed by atoms with Crippen molar-refractivity contribution in [2.24, 2.45) is 0 Å². The fraction of sp³-hybridized carbons (Fsp3) is 1.00. The summed E-state index contributed by atoms with van der Waals surface area (Å²) < 4.78 is 58.6. The van der Waals surface area contributed by atoms with Crippen LogP contribution in [0.2, 0.25) is 0 Å². The monoisotopic (exact) mass is 436 g/mol. The van der Waals surface area contributed by atoms with Gasteiger partial charge in [-0.1, -0.05) is 69.6 Å². The van der Waals surface area contributed by atoms with Crippen molar-refractivity contribution in [2.75, 3.05) is 13.2 Å². The van der Waals surface area contributed by atoms with Gasteiger partial charge in [0.2, 0.25) is 0 Å². The van der Waals surface area contributed by atoms with Crippen molar-refractivity contribution in [3.8, 4) is 0 Å². The second kappa shape index (κ2) is 6.01. The molecule has 21 heavy (non-hydrogen) atoms. The molecule has 3 nitrogen and oxygen atoms in total. The number of halogens is 10. The van der Waals surface area contributed by atoms with E-state index in [0.717, 1.165) is 0 Å². The molecule has 0 aromatic heterocycles. The van der Waals surface area contributed by atoms with Gasteiger partial charge >= 0.3 is 17.6 Å². The lowest BCUT2D eigenvalue weighted by Crippen LogP contribution is -2.70. The highest BCUT2D eigenvalue weighted by Gasteiger charge is 2.84. The van der Waals surface area contributed by atoms with Crippen molar-refractivity contribution in [1.29, 1.82) is 0 Å². The van der Waals surface area contributed by atoms with E-state index in [-0.39, 0.29) is 0 Å². The highest BCUT2D eigenvalue weighted by Crippen LogP contribution is 2.62. The van der Waals surface area contributed by atoms with Crippen LogP contribution >= 0.6 is 69.6 Å². The molecule has 0 aromatic carbocycles. The topological polar surface area (TPSA) is 38.7 Å². The van der Waals surface area contributed by atoms with Crippen molar-refractivity contribution < 1.29 is 32.1 Å². The highest BCUT2D eigenvalue weighted by atomic mass is 35.6. The van der Waals surface area contributed by atoms with E-state index < -0.39 is 44.5 Å². The summed E-state index contributed by atoms with van der Waals surface area (Å²) >= 11 is 30.2. The molecule has 13 heteroatoms. The number of rotatable bonds is 3. The van der Waals surface area contributed by atoms with Crippen LogP contribution in [0.4, 0.5) is 17.6 Å². The quantitative estimate of drug-likeness (QED) is 0.532. The number of hydrogen-bond donors (Lipinski definition) is 1. The van der Waals surface area contributed by atoms with E-state index >= 15 is 0 Å². The third kappa shape index (κ3) is 3.15. The molecule has 126 valence electrons. The number of hydrogen-bond acceptors (Lipinski definition) is 3. The molecule has 1 aliphatic heterocycles. The van der Waals surface area contributed by atoms with Gasteiger partial charge in [-0.3, -0.25) is 0 Å². The lowest BCUT2D eigenvalue weighted by atomic mass is 10.0. The first-order valence-electron chi connectivity index (χ1n) is 4.96. The molecule has 0 aliphatic carbocycles. The molecule has 1 rings (SSSR count). The Bertz CT molecular complexity index is 370. The molecule has 0 amide bonds. The van der Waals surface area contributed by atoms with Crippen molar-refractivity contribution in [1.82, 2.24) is 0 Å². The largest absolute Gasteiger partial charge is 0.394 e. The van der Waals surface area contributed by atoms with E-state index in [9.17, 15) is 17.6 Å². The van der Waals surface area contributed by atoms with Crippen molar-refractivity contribution in [2.45, 2.75) is 31.3 Å². The minimum Gasteiger partial charge on any atom is -0.394 e. The lowest BCUT2D eigenvalue weighted by molar-refractivity contribution is -0.376. The van der Waals surface area contributed by atoms with Crippen LogP contribution < -0.4 is 0 Å². The number of aliphatic hydroxyl groups is 1. The summed E-state index contributed by atoms with van der Waals surface area (Å²) in [5.74, 6) is -14.0. The lowest BCUT2D eigenvalue weighted by Gasteiger charge is -2.44. The van der Waals surface area contributed by atoms with Crippen LogP contribution in [0.5, 0.6) is 0 Å². The average Bonchev–Trinajstić information content (AvgIpc) is 2.71. The maximum absolute atomic E-state index is 14.2. The fourth-order valence-corrected chi connectivity index (χ4v) is 2.25. The summed E-state index contributed by atoms with van der Waals surface area (Å²) in [5.41, 5.74) is 0. The molecule has 0 bridgehead atoms. The molecular formula is C8H6Cl6F4O3. The van der Waals surface area contributed by atoms with Gasteiger partial charge < -0.3 is 14.6 Å². The molecule has 0 aromatic rings. The maximum atomic E-state index is 14.2. The van der Waals surface area contributed by atoms with Crippen molar-refractivity contribution in [3.05, 3.63) is 0 Å². The maximum Gasteiger partial charge on any atom is 0.353 e. The summed E-state index contributed by atoms with van der Waals surface area (Å²) in [5, 5.41) is 8.84. The predicted octanol–water partition coefficient (Wildman–Crippen LogP) is 4.10. The minimum absolute atomic E-state index is 0.858. The molecule has 1 unspecified atom stereocenters. The van der Waals surface area contributed by atoms with E-state index in [1.54, 1.807) is 0 Å². The van der Waals surface area contributed by atoms with Crippen LogP contribution in [0.1, 0.15) is 0 Å². The molecule has 0 spiro atoms. The Morgan fingerprint density at radius 2 is 1.33 bits per heavy atom. The van der Waals surface area contributed by atoms with Gasteiger partial charge in [-0.05, 0) is 0 Å². The number of alkyl halides is 10. The summed E-state index contributed by atoms with van der Waals surface area (Å²) in [7, 11) is 0. The van der Waals surface area contributed by atoms with Crippen LogP contribution in [0, 0.1) is 0 Å². The molecule has 1 N–H and O–H groups in total. The van der Waals surface area contributed by atoms with Gasteiger partial charge in [0.05, 0.1) is 13.2 Å². The van der Waals surface area contributed by atoms with Crippen LogP contribution in [-0.2, 0) is 9.47 Å². The molecule has 1 heterocycles. The standard InChI is InChI=1S/C8H6Cl6F4O3/c9-7(10,11)4(15,16)6(5(17,18)8(12,13)14)20-2-3(1-19)21-6/h3,19H,1-2H2. The number of ether oxygens (including phenoxy) is 2. The van der Waals surface area contributed by atoms with Crippen LogP contribution in [-0.4, -0.2) is 49.6 Å². The second-order valence-electron chi connectivity index (χ2n) is 3.99. The summed E-state index contributed by atoms with van der Waals surface area (Å²) in [6.07, 6.45) is -1.55. The first-order valence-corrected chi connectivity index (χ1v) is 7.22. The summed E-state index contributed by atoms with van der Waals surface area (Å²) in [4.78, 5) is 0. The third-order valence-corrected chi connectivity index (χ3v) is 3.97. The summed E-state index contributed by atoms with van der Waals surface area (Å²) in [6.45, 7) is -1.78. The molecule has 1 saturated heterocycles. The Labute approximate surface area is 146 Å². The Morgan fingerprint density at radius 3 is 1.57 bits per heavy atom. The van der Waals surface area contributed by atoms with Crippen molar-refractivity contribution >= 4 is 69.6 Å². The normalized spacial score (nSPS) is 24.4. The van der Waals surface area contributed by atoms with Gasteiger partial charge in [0.1, 0.15) is 6.10 Å². The Kier molecular flexibility index (Phi) is 5.83. The molecule has 1 aliphatic rings. The van der Waals surface area contributed by atoms with E-state index in [0.29, 0.717) is 0 Å². The minimum atomic E-state index is -4.93. The first kappa shape index (κ1) is 20.4. The van der Waals surface area contributed by atoms with Gasteiger partial charge in [-0.25, -0.2) is 0 Å². The predicted molar refractivity (Wildman–Crippen MR) is 71.1 cm³/mol. The zero-order chi connectivity index (χ0) is 16.9.